The van der Waals surface area contributed by atoms with Crippen LogP contribution in [0.3, 0.4) is 0 Å². The summed E-state index contributed by atoms with van der Waals surface area (Å²) in [4.78, 5) is 11.8. The summed E-state index contributed by atoms with van der Waals surface area (Å²) in [5.74, 6) is 0.915. The molecule has 5 aliphatic rings. The fourth-order valence-electron chi connectivity index (χ4n) is 5.04. The van der Waals surface area contributed by atoms with E-state index in [4.69, 9.17) is 9.47 Å². The van der Waals surface area contributed by atoms with E-state index in [1.807, 2.05) is 6.92 Å². The lowest BCUT2D eigenvalue weighted by Crippen LogP contribution is -2.41. The van der Waals surface area contributed by atoms with Crippen LogP contribution in [0.15, 0.2) is 22.3 Å². The number of rotatable bonds is 0. The molecule has 19 heavy (non-hydrogen) atoms. The Kier molecular flexibility index (Phi) is 1.57. The Bertz CT molecular complexity index is 601. The van der Waals surface area contributed by atoms with Crippen LogP contribution in [0.4, 0.5) is 0 Å². The number of aliphatic hydroxyl groups excluding tert-OH is 1. The predicted octanol–water partition coefficient (Wildman–Crippen LogP) is 1.30. The Balaban J connectivity index is 1.74. The van der Waals surface area contributed by atoms with Crippen molar-refractivity contribution in [2.75, 3.05) is 0 Å². The van der Waals surface area contributed by atoms with Gasteiger partial charge in [0, 0.05) is 11.1 Å². The van der Waals surface area contributed by atoms with Crippen LogP contribution in [-0.2, 0) is 14.3 Å². The van der Waals surface area contributed by atoms with Gasteiger partial charge in [0.25, 0.3) is 0 Å². The molecule has 0 bridgehead atoms. The van der Waals surface area contributed by atoms with Crippen molar-refractivity contribution in [1.29, 1.82) is 0 Å². The molecule has 0 aromatic rings. The zero-order chi connectivity index (χ0) is 13.1. The number of fused-ring (bicyclic) bond motifs is 5. The van der Waals surface area contributed by atoms with Gasteiger partial charge in [0.2, 0.25) is 0 Å². The Morgan fingerprint density at radius 1 is 1.37 bits per heavy atom. The van der Waals surface area contributed by atoms with Crippen LogP contribution in [0.2, 0.25) is 0 Å². The summed E-state index contributed by atoms with van der Waals surface area (Å²) in [6, 6.07) is 0. The zero-order valence-electron chi connectivity index (χ0n) is 11.0. The van der Waals surface area contributed by atoms with Gasteiger partial charge in [0.05, 0.1) is 0 Å². The molecule has 0 aromatic carbocycles. The average Bonchev–Trinajstić information content (AvgIpc) is 2.92. The Morgan fingerprint density at radius 2 is 2.16 bits per heavy atom. The van der Waals surface area contributed by atoms with E-state index in [9.17, 15) is 9.90 Å². The van der Waals surface area contributed by atoms with E-state index in [1.165, 1.54) is 5.57 Å². The summed E-state index contributed by atoms with van der Waals surface area (Å²) in [5, 5.41) is 10.2. The van der Waals surface area contributed by atoms with Crippen molar-refractivity contribution in [2.24, 2.45) is 17.3 Å². The molecular formula is C15H16O4. The Hall–Kier alpha value is -1.13. The van der Waals surface area contributed by atoms with Crippen LogP contribution in [-0.4, -0.2) is 29.6 Å². The fourth-order valence-corrected chi connectivity index (χ4v) is 5.04. The SMILES string of the molecule is CC1=C2C(CC3(C)C4=C(C(O)OC24)C2CC23)OC1=O. The van der Waals surface area contributed by atoms with E-state index in [0.29, 0.717) is 17.4 Å². The summed E-state index contributed by atoms with van der Waals surface area (Å²) in [6.45, 7) is 4.07. The highest BCUT2D eigenvalue weighted by Gasteiger charge is 2.69. The van der Waals surface area contributed by atoms with E-state index in [-0.39, 0.29) is 23.6 Å². The second-order valence-corrected chi connectivity index (χ2v) is 6.78. The van der Waals surface area contributed by atoms with E-state index in [2.05, 4.69) is 6.92 Å². The lowest BCUT2D eigenvalue weighted by Gasteiger charge is -2.41. The molecule has 0 radical (unpaired) electrons. The van der Waals surface area contributed by atoms with Crippen molar-refractivity contribution >= 4 is 5.97 Å². The number of ether oxygens (including phenoxy) is 2. The van der Waals surface area contributed by atoms with Gasteiger partial charge >= 0.3 is 5.97 Å². The van der Waals surface area contributed by atoms with Crippen molar-refractivity contribution < 1.29 is 19.4 Å². The molecule has 5 rings (SSSR count). The molecule has 2 heterocycles. The van der Waals surface area contributed by atoms with Gasteiger partial charge in [-0.25, -0.2) is 4.79 Å². The summed E-state index contributed by atoms with van der Waals surface area (Å²) in [7, 11) is 0. The highest BCUT2D eigenvalue weighted by molar-refractivity contribution is 5.92. The topological polar surface area (TPSA) is 55.8 Å². The number of hydrogen-bond donors (Lipinski definition) is 1. The van der Waals surface area contributed by atoms with Crippen LogP contribution < -0.4 is 0 Å². The molecule has 2 fully saturated rings. The quantitative estimate of drug-likeness (QED) is 0.527. The average molecular weight is 260 g/mol. The first kappa shape index (κ1) is 10.6. The maximum absolute atomic E-state index is 11.8. The standard InChI is InChI=1S/C15H16O4/c1-5-9-8(18-13(5)16)4-15(2)7-3-6(7)10-11(15)12(9)19-14(10)17/h6-8,12,14,17H,3-4H2,1-2H3. The number of carbonyl (C=O) groups is 1. The van der Waals surface area contributed by atoms with Crippen LogP contribution in [0.1, 0.15) is 26.7 Å². The largest absolute Gasteiger partial charge is 0.454 e. The number of aliphatic hydroxyl groups is 1. The van der Waals surface area contributed by atoms with Crippen molar-refractivity contribution in [3.8, 4) is 0 Å². The maximum Gasteiger partial charge on any atom is 0.334 e. The van der Waals surface area contributed by atoms with E-state index < -0.39 is 6.29 Å². The third-order valence-electron chi connectivity index (χ3n) is 5.96. The number of carbonyl (C=O) groups excluding carboxylic acids is 1. The highest BCUT2D eigenvalue weighted by Crippen LogP contribution is 2.72. The van der Waals surface area contributed by atoms with Crippen LogP contribution >= 0.6 is 0 Å². The van der Waals surface area contributed by atoms with Crippen LogP contribution in [0, 0.1) is 17.3 Å². The van der Waals surface area contributed by atoms with Crippen LogP contribution in [0.25, 0.3) is 0 Å². The summed E-state index contributed by atoms with van der Waals surface area (Å²) < 4.78 is 11.3. The van der Waals surface area contributed by atoms with Gasteiger partial charge in [-0.15, -0.1) is 0 Å². The molecule has 6 unspecified atom stereocenters. The van der Waals surface area contributed by atoms with Gasteiger partial charge < -0.3 is 14.6 Å². The lowest BCUT2D eigenvalue weighted by molar-refractivity contribution is -0.142. The van der Waals surface area contributed by atoms with Crippen LogP contribution in [0.5, 0.6) is 0 Å². The third kappa shape index (κ3) is 0.974. The van der Waals surface area contributed by atoms with E-state index in [0.717, 1.165) is 24.0 Å². The third-order valence-corrected chi connectivity index (χ3v) is 5.96. The van der Waals surface area contributed by atoms with Gasteiger partial charge in [0.15, 0.2) is 6.29 Å². The zero-order valence-corrected chi connectivity index (χ0v) is 11.0. The second-order valence-electron chi connectivity index (χ2n) is 6.78. The molecule has 2 aliphatic heterocycles. The smallest absolute Gasteiger partial charge is 0.334 e. The molecular weight excluding hydrogens is 244 g/mol. The van der Waals surface area contributed by atoms with Gasteiger partial charge in [-0.3, -0.25) is 0 Å². The molecule has 4 heteroatoms. The van der Waals surface area contributed by atoms with Gasteiger partial charge in [0.1, 0.15) is 12.2 Å². The first-order chi connectivity index (χ1) is 9.02. The molecule has 1 N–H and O–H groups in total. The van der Waals surface area contributed by atoms with Crippen molar-refractivity contribution in [3.63, 3.8) is 0 Å². The molecule has 0 amide bonds. The lowest BCUT2D eigenvalue weighted by atomic mass is 9.66. The Labute approximate surface area is 111 Å². The number of esters is 1. The minimum absolute atomic E-state index is 0.0568. The van der Waals surface area contributed by atoms with E-state index in [1.54, 1.807) is 0 Å². The maximum atomic E-state index is 11.8. The van der Waals surface area contributed by atoms with Gasteiger partial charge in [-0.05, 0) is 48.2 Å². The predicted molar refractivity (Wildman–Crippen MR) is 64.8 cm³/mol. The number of hydrogen-bond acceptors (Lipinski definition) is 4. The van der Waals surface area contributed by atoms with Gasteiger partial charge in [-0.2, -0.15) is 0 Å². The second kappa shape index (κ2) is 2.81. The summed E-state index contributed by atoms with van der Waals surface area (Å²) in [6.07, 6.45) is 0.885. The normalized spacial score (nSPS) is 53.2. The molecule has 100 valence electrons. The minimum atomic E-state index is -0.772. The highest BCUT2D eigenvalue weighted by atomic mass is 16.6. The molecule has 3 aliphatic carbocycles. The van der Waals surface area contributed by atoms with Crippen molar-refractivity contribution in [2.45, 2.75) is 45.2 Å². The first-order valence-electron chi connectivity index (χ1n) is 7.02. The molecule has 6 atom stereocenters. The monoisotopic (exact) mass is 260 g/mol. The van der Waals surface area contributed by atoms with E-state index >= 15 is 0 Å². The molecule has 0 spiro atoms. The van der Waals surface area contributed by atoms with Crippen molar-refractivity contribution in [3.05, 3.63) is 22.3 Å². The fraction of sp³-hybridized carbons (Fsp3) is 0.667. The minimum Gasteiger partial charge on any atom is -0.454 e. The first-order valence-corrected chi connectivity index (χ1v) is 7.02. The molecule has 4 nitrogen and oxygen atoms in total. The summed E-state index contributed by atoms with van der Waals surface area (Å²) in [5.41, 5.74) is 4.09. The Morgan fingerprint density at radius 3 is 2.95 bits per heavy atom. The summed E-state index contributed by atoms with van der Waals surface area (Å²) >= 11 is 0. The molecule has 2 saturated carbocycles. The van der Waals surface area contributed by atoms with Crippen molar-refractivity contribution in [1.82, 2.24) is 0 Å². The molecule has 0 aromatic heterocycles. The molecule has 0 saturated heterocycles. The van der Waals surface area contributed by atoms with Gasteiger partial charge in [-0.1, -0.05) is 6.92 Å².